The topological polar surface area (TPSA) is 67.5 Å². The predicted molar refractivity (Wildman–Crippen MR) is 123 cm³/mol. The Hall–Kier alpha value is -3.32. The summed E-state index contributed by atoms with van der Waals surface area (Å²) in [5.74, 6) is -0.182. The number of hydrogen-bond acceptors (Lipinski definition) is 4. The highest BCUT2D eigenvalue weighted by Gasteiger charge is 2.23. The van der Waals surface area contributed by atoms with Crippen LogP contribution in [0.1, 0.15) is 0 Å². The molecule has 4 rings (SSSR count). The van der Waals surface area contributed by atoms with Crippen LogP contribution >= 0.6 is 11.6 Å². The summed E-state index contributed by atoms with van der Waals surface area (Å²) in [4.78, 5) is 42.3. The van der Waals surface area contributed by atoms with E-state index in [0.717, 1.165) is 5.69 Å². The number of benzene rings is 2. The van der Waals surface area contributed by atoms with Gasteiger partial charge in [0.2, 0.25) is 5.91 Å². The van der Waals surface area contributed by atoms with Crippen LogP contribution in [-0.2, 0) is 17.9 Å². The summed E-state index contributed by atoms with van der Waals surface area (Å²) in [6.45, 7) is 6.13. The highest BCUT2D eigenvalue weighted by Crippen LogP contribution is 2.21. The molecule has 0 N–H and O–H groups in total. The smallest absolute Gasteiger partial charge is 0.317 e. The van der Waals surface area contributed by atoms with Gasteiger partial charge in [-0.2, -0.15) is 0 Å². The van der Waals surface area contributed by atoms with Gasteiger partial charge in [0.25, 0.3) is 0 Å². The number of carbonyl (C=O) groups is 1. The number of piperazine rings is 1. The Morgan fingerprint density at radius 2 is 1.58 bits per heavy atom. The molecule has 1 aliphatic rings. The summed E-state index contributed by atoms with van der Waals surface area (Å²) in [5.41, 5.74) is 0.821. The molecule has 1 amide bonds. The van der Waals surface area contributed by atoms with Crippen LogP contribution in [0.4, 0.5) is 5.69 Å². The van der Waals surface area contributed by atoms with Crippen molar-refractivity contribution in [1.82, 2.24) is 14.0 Å². The fraction of sp³-hybridized carbons (Fsp3) is 0.261. The predicted octanol–water partition coefficient (Wildman–Crippen LogP) is 2.35. The van der Waals surface area contributed by atoms with Gasteiger partial charge in [-0.25, -0.2) is 0 Å². The van der Waals surface area contributed by atoms with E-state index in [9.17, 15) is 14.4 Å². The van der Waals surface area contributed by atoms with E-state index in [4.69, 9.17) is 11.6 Å². The molecular formula is C23H23ClN4O3. The Kier molecular flexibility index (Phi) is 5.95. The first kappa shape index (κ1) is 20.9. The van der Waals surface area contributed by atoms with Crippen molar-refractivity contribution < 1.29 is 4.79 Å². The lowest BCUT2D eigenvalue weighted by molar-refractivity contribution is -0.132. The van der Waals surface area contributed by atoms with Crippen LogP contribution in [0.2, 0.25) is 5.02 Å². The van der Waals surface area contributed by atoms with E-state index in [2.05, 4.69) is 11.5 Å². The molecule has 0 spiro atoms. The van der Waals surface area contributed by atoms with E-state index in [1.165, 1.54) is 9.13 Å². The molecule has 1 aromatic heterocycles. The first-order valence-electron chi connectivity index (χ1n) is 10.1. The minimum Gasteiger partial charge on any atom is -0.368 e. The van der Waals surface area contributed by atoms with Crippen molar-refractivity contribution in [1.29, 1.82) is 0 Å². The van der Waals surface area contributed by atoms with Crippen LogP contribution in [-0.4, -0.2) is 46.1 Å². The standard InChI is InChI=1S/C23H23ClN4O3/c1-2-10-27-19-8-3-4-9-20(19)28(23(31)22(27)30)16-21(29)26-13-11-25(12-14-26)18-7-5-6-17(24)15-18/h2-9,15H,1,10-14,16H2. The number of carbonyl (C=O) groups excluding carboxylic acids is 1. The summed E-state index contributed by atoms with van der Waals surface area (Å²) in [6, 6.07) is 14.7. The van der Waals surface area contributed by atoms with E-state index >= 15 is 0 Å². The number of hydrogen-bond donors (Lipinski definition) is 0. The van der Waals surface area contributed by atoms with Gasteiger partial charge in [-0.15, -0.1) is 6.58 Å². The summed E-state index contributed by atoms with van der Waals surface area (Å²) in [6.07, 6.45) is 1.57. The fourth-order valence-electron chi connectivity index (χ4n) is 3.96. The SMILES string of the molecule is C=CCn1c(=O)c(=O)n(CC(=O)N2CCN(c3cccc(Cl)c3)CC2)c2ccccc21. The number of allylic oxidation sites excluding steroid dienone is 1. The summed E-state index contributed by atoms with van der Waals surface area (Å²) >= 11 is 6.08. The lowest BCUT2D eigenvalue weighted by Crippen LogP contribution is -2.51. The minimum absolute atomic E-state index is 0.166. The first-order valence-corrected chi connectivity index (χ1v) is 10.5. The van der Waals surface area contributed by atoms with Crippen molar-refractivity contribution in [3.8, 4) is 0 Å². The molecule has 3 aromatic rings. The molecule has 0 bridgehead atoms. The highest BCUT2D eigenvalue weighted by molar-refractivity contribution is 6.30. The maximum absolute atomic E-state index is 13.0. The molecule has 0 unspecified atom stereocenters. The molecule has 8 heteroatoms. The minimum atomic E-state index is -0.702. The average Bonchev–Trinajstić information content (AvgIpc) is 2.79. The first-order chi connectivity index (χ1) is 15.0. The second-order valence-electron chi connectivity index (χ2n) is 7.43. The largest absolute Gasteiger partial charge is 0.368 e. The van der Waals surface area contributed by atoms with Gasteiger partial charge in [-0.3, -0.25) is 23.5 Å². The summed E-state index contributed by atoms with van der Waals surface area (Å²) < 4.78 is 2.67. The Bertz CT molecular complexity index is 1260. The van der Waals surface area contributed by atoms with E-state index in [1.807, 2.05) is 24.3 Å². The third-order valence-corrected chi connectivity index (χ3v) is 5.78. The van der Waals surface area contributed by atoms with E-state index in [-0.39, 0.29) is 19.0 Å². The highest BCUT2D eigenvalue weighted by atomic mass is 35.5. The Morgan fingerprint density at radius 1 is 0.935 bits per heavy atom. The number of anilines is 1. The number of rotatable bonds is 5. The van der Waals surface area contributed by atoms with Crippen LogP contribution in [0.5, 0.6) is 0 Å². The number of aromatic nitrogens is 2. The normalized spacial score (nSPS) is 14.1. The molecule has 0 atom stereocenters. The van der Waals surface area contributed by atoms with Crippen LogP contribution in [0.25, 0.3) is 11.0 Å². The van der Waals surface area contributed by atoms with Crippen LogP contribution in [0.3, 0.4) is 0 Å². The van der Waals surface area contributed by atoms with Gasteiger partial charge in [-0.1, -0.05) is 35.9 Å². The van der Waals surface area contributed by atoms with E-state index in [0.29, 0.717) is 42.2 Å². The van der Waals surface area contributed by atoms with Crippen molar-refractivity contribution in [2.75, 3.05) is 31.1 Å². The third kappa shape index (κ3) is 4.14. The maximum Gasteiger partial charge on any atom is 0.317 e. The fourth-order valence-corrected chi connectivity index (χ4v) is 4.14. The number of nitrogens with zero attached hydrogens (tertiary/aromatic N) is 4. The van der Waals surface area contributed by atoms with Crippen molar-refractivity contribution in [3.05, 3.63) is 86.9 Å². The molecule has 1 fully saturated rings. The Morgan fingerprint density at radius 3 is 2.23 bits per heavy atom. The van der Waals surface area contributed by atoms with Crippen LogP contribution in [0.15, 0.2) is 70.8 Å². The summed E-state index contributed by atoms with van der Waals surface area (Å²) in [5, 5.41) is 0.674. The zero-order chi connectivity index (χ0) is 22.0. The molecule has 1 aliphatic heterocycles. The number of para-hydroxylation sites is 2. The number of fused-ring (bicyclic) bond motifs is 1. The molecule has 160 valence electrons. The Labute approximate surface area is 184 Å². The van der Waals surface area contributed by atoms with Gasteiger partial charge in [0.05, 0.1) is 11.0 Å². The molecule has 31 heavy (non-hydrogen) atoms. The molecule has 0 saturated carbocycles. The lowest BCUT2D eigenvalue weighted by atomic mass is 10.2. The lowest BCUT2D eigenvalue weighted by Gasteiger charge is -2.36. The average molecular weight is 439 g/mol. The van der Waals surface area contributed by atoms with Gasteiger partial charge in [0, 0.05) is 43.4 Å². The molecular weight excluding hydrogens is 416 g/mol. The number of halogens is 1. The molecule has 2 heterocycles. The van der Waals surface area contributed by atoms with Gasteiger partial charge >= 0.3 is 11.1 Å². The second-order valence-corrected chi connectivity index (χ2v) is 7.87. The molecule has 7 nitrogen and oxygen atoms in total. The van der Waals surface area contributed by atoms with Crippen LogP contribution < -0.4 is 16.0 Å². The number of amides is 1. The van der Waals surface area contributed by atoms with Crippen molar-refractivity contribution in [2.45, 2.75) is 13.1 Å². The molecule has 0 aliphatic carbocycles. The Balaban J connectivity index is 1.55. The van der Waals surface area contributed by atoms with Crippen molar-refractivity contribution >= 4 is 34.2 Å². The van der Waals surface area contributed by atoms with Crippen LogP contribution in [0, 0.1) is 0 Å². The van der Waals surface area contributed by atoms with Gasteiger partial charge in [-0.05, 0) is 30.3 Å². The molecule has 0 radical (unpaired) electrons. The summed E-state index contributed by atoms with van der Waals surface area (Å²) in [7, 11) is 0. The third-order valence-electron chi connectivity index (χ3n) is 5.55. The maximum atomic E-state index is 13.0. The van der Waals surface area contributed by atoms with Gasteiger partial charge in [0.15, 0.2) is 0 Å². The zero-order valence-corrected chi connectivity index (χ0v) is 17.8. The van der Waals surface area contributed by atoms with E-state index in [1.54, 1.807) is 35.2 Å². The quantitative estimate of drug-likeness (QED) is 0.453. The second kappa shape index (κ2) is 8.81. The zero-order valence-electron chi connectivity index (χ0n) is 17.0. The van der Waals surface area contributed by atoms with Crippen molar-refractivity contribution in [2.24, 2.45) is 0 Å². The van der Waals surface area contributed by atoms with Crippen molar-refractivity contribution in [3.63, 3.8) is 0 Å². The molecule has 2 aromatic carbocycles. The monoisotopic (exact) mass is 438 g/mol. The van der Waals surface area contributed by atoms with Gasteiger partial charge < -0.3 is 9.80 Å². The van der Waals surface area contributed by atoms with E-state index < -0.39 is 11.1 Å². The molecule has 1 saturated heterocycles. The van der Waals surface area contributed by atoms with Gasteiger partial charge in [0.1, 0.15) is 6.54 Å².